The number of aromatic nitrogens is 3. The van der Waals surface area contributed by atoms with Crippen LogP contribution in [0.2, 0.25) is 5.28 Å². The van der Waals surface area contributed by atoms with E-state index in [1.807, 2.05) is 29.7 Å². The number of halogens is 1. The first-order valence-electron chi connectivity index (χ1n) is 5.36. The smallest absolute Gasteiger partial charge is 0.225 e. The molecule has 1 heterocycles. The van der Waals surface area contributed by atoms with Crippen LogP contribution in [-0.2, 0) is 0 Å². The van der Waals surface area contributed by atoms with Gasteiger partial charge in [0, 0.05) is 0 Å². The van der Waals surface area contributed by atoms with Crippen LogP contribution in [0.4, 0.5) is 0 Å². The monoisotopic (exact) mass is 235 g/mol. The van der Waals surface area contributed by atoms with Gasteiger partial charge in [0.2, 0.25) is 5.28 Å². The normalized spacial score (nSPS) is 12.7. The Morgan fingerprint density at radius 2 is 1.94 bits per heavy atom. The second kappa shape index (κ2) is 4.66. The maximum absolute atomic E-state index is 6.06. The summed E-state index contributed by atoms with van der Waals surface area (Å²) in [5.74, 6) is 0.848. The number of rotatable bonds is 3. The van der Waals surface area contributed by atoms with Gasteiger partial charge in [0.1, 0.15) is 5.82 Å². The van der Waals surface area contributed by atoms with Crippen molar-refractivity contribution in [3.05, 3.63) is 47.0 Å². The Kier molecular flexibility index (Phi) is 3.25. The van der Waals surface area contributed by atoms with Crippen molar-refractivity contribution in [2.24, 2.45) is 0 Å². The van der Waals surface area contributed by atoms with Gasteiger partial charge in [-0.2, -0.15) is 0 Å². The number of hydrogen-bond acceptors (Lipinski definition) is 2. The van der Waals surface area contributed by atoms with E-state index in [4.69, 9.17) is 11.6 Å². The van der Waals surface area contributed by atoms with Crippen molar-refractivity contribution in [2.75, 3.05) is 0 Å². The van der Waals surface area contributed by atoms with E-state index in [2.05, 4.69) is 29.3 Å². The van der Waals surface area contributed by atoms with Gasteiger partial charge in [-0.15, -0.1) is 10.2 Å². The molecule has 0 saturated heterocycles. The lowest BCUT2D eigenvalue weighted by atomic mass is 10.0. The van der Waals surface area contributed by atoms with Crippen LogP contribution < -0.4 is 0 Å². The van der Waals surface area contributed by atoms with Crippen molar-refractivity contribution in [3.63, 3.8) is 0 Å². The summed E-state index contributed by atoms with van der Waals surface area (Å²) in [6.45, 7) is 4.05. The third kappa shape index (κ3) is 1.95. The topological polar surface area (TPSA) is 30.7 Å². The molecule has 0 N–H and O–H groups in total. The van der Waals surface area contributed by atoms with Crippen LogP contribution in [0.25, 0.3) is 0 Å². The van der Waals surface area contributed by atoms with Gasteiger partial charge in [0.05, 0.1) is 6.04 Å². The fourth-order valence-corrected chi connectivity index (χ4v) is 2.22. The Bertz CT molecular complexity index is 445. The van der Waals surface area contributed by atoms with Crippen molar-refractivity contribution in [1.82, 2.24) is 14.8 Å². The predicted octanol–water partition coefficient (Wildman–Crippen LogP) is 3.24. The molecule has 0 bridgehead atoms. The average Bonchev–Trinajstić information content (AvgIpc) is 2.63. The minimum Gasteiger partial charge on any atom is -0.294 e. The molecule has 0 aliphatic heterocycles. The van der Waals surface area contributed by atoms with E-state index in [0.717, 1.165) is 12.2 Å². The molecule has 0 spiro atoms. The van der Waals surface area contributed by atoms with Gasteiger partial charge < -0.3 is 0 Å². The summed E-state index contributed by atoms with van der Waals surface area (Å²) in [6.07, 6.45) is 0.961. The van der Waals surface area contributed by atoms with Crippen LogP contribution in [-0.4, -0.2) is 14.8 Å². The van der Waals surface area contributed by atoms with Gasteiger partial charge in [-0.05, 0) is 30.5 Å². The summed E-state index contributed by atoms with van der Waals surface area (Å²) in [6, 6.07) is 10.5. The number of benzene rings is 1. The lowest BCUT2D eigenvalue weighted by Gasteiger charge is -2.18. The van der Waals surface area contributed by atoms with Crippen LogP contribution in [0.5, 0.6) is 0 Å². The van der Waals surface area contributed by atoms with Crippen LogP contribution in [0.15, 0.2) is 30.3 Å². The molecule has 0 saturated carbocycles. The maximum Gasteiger partial charge on any atom is 0.225 e. The van der Waals surface area contributed by atoms with Crippen LogP contribution in [0.3, 0.4) is 0 Å². The molecular formula is C12H14ClN3. The SMILES string of the molecule is CCC(c1ccccc1)n1c(C)nnc1Cl. The summed E-state index contributed by atoms with van der Waals surface area (Å²) >= 11 is 6.06. The van der Waals surface area contributed by atoms with E-state index < -0.39 is 0 Å². The highest BCUT2D eigenvalue weighted by Gasteiger charge is 2.17. The standard InChI is InChI=1S/C12H14ClN3/c1-3-11(10-7-5-4-6-8-10)16-9(2)14-15-12(16)13/h4-8,11H,3H2,1-2H3. The molecule has 0 aliphatic carbocycles. The highest BCUT2D eigenvalue weighted by molar-refractivity contribution is 6.28. The van der Waals surface area contributed by atoms with E-state index in [1.165, 1.54) is 5.56 Å². The second-order valence-corrected chi connectivity index (χ2v) is 4.06. The molecule has 1 aromatic heterocycles. The number of nitrogens with zero attached hydrogens (tertiary/aromatic N) is 3. The van der Waals surface area contributed by atoms with Gasteiger partial charge >= 0.3 is 0 Å². The molecule has 0 fully saturated rings. The Labute approximate surface area is 100 Å². The van der Waals surface area contributed by atoms with Gasteiger partial charge in [-0.25, -0.2) is 0 Å². The van der Waals surface area contributed by atoms with Gasteiger partial charge in [-0.1, -0.05) is 37.3 Å². The minimum atomic E-state index is 0.212. The fraction of sp³-hybridized carbons (Fsp3) is 0.333. The molecule has 1 aromatic carbocycles. The van der Waals surface area contributed by atoms with E-state index >= 15 is 0 Å². The Balaban J connectivity index is 2.45. The number of hydrogen-bond donors (Lipinski definition) is 0. The van der Waals surface area contributed by atoms with Crippen molar-refractivity contribution in [1.29, 1.82) is 0 Å². The molecule has 84 valence electrons. The summed E-state index contributed by atoms with van der Waals surface area (Å²) in [5, 5.41) is 8.33. The van der Waals surface area contributed by atoms with E-state index in [1.54, 1.807) is 0 Å². The zero-order valence-electron chi connectivity index (χ0n) is 9.39. The average molecular weight is 236 g/mol. The lowest BCUT2D eigenvalue weighted by Crippen LogP contribution is -2.11. The summed E-state index contributed by atoms with van der Waals surface area (Å²) in [5.41, 5.74) is 1.23. The Morgan fingerprint density at radius 1 is 1.25 bits per heavy atom. The predicted molar refractivity (Wildman–Crippen MR) is 64.6 cm³/mol. The van der Waals surface area contributed by atoms with Gasteiger partial charge in [-0.3, -0.25) is 4.57 Å². The molecule has 16 heavy (non-hydrogen) atoms. The van der Waals surface area contributed by atoms with Crippen molar-refractivity contribution >= 4 is 11.6 Å². The van der Waals surface area contributed by atoms with Crippen LogP contribution in [0, 0.1) is 6.92 Å². The zero-order valence-corrected chi connectivity index (χ0v) is 10.1. The molecule has 2 aromatic rings. The first kappa shape index (κ1) is 11.1. The molecule has 2 rings (SSSR count). The van der Waals surface area contributed by atoms with E-state index in [9.17, 15) is 0 Å². The number of aryl methyl sites for hydroxylation is 1. The van der Waals surface area contributed by atoms with Gasteiger partial charge in [0.25, 0.3) is 0 Å². The molecular weight excluding hydrogens is 222 g/mol. The quantitative estimate of drug-likeness (QED) is 0.818. The Morgan fingerprint density at radius 3 is 2.44 bits per heavy atom. The fourth-order valence-electron chi connectivity index (χ4n) is 1.94. The van der Waals surface area contributed by atoms with Gasteiger partial charge in [0.15, 0.2) is 0 Å². The lowest BCUT2D eigenvalue weighted by molar-refractivity contribution is 0.552. The van der Waals surface area contributed by atoms with Crippen molar-refractivity contribution in [2.45, 2.75) is 26.3 Å². The van der Waals surface area contributed by atoms with Crippen LogP contribution >= 0.6 is 11.6 Å². The molecule has 1 atom stereocenters. The summed E-state index contributed by atoms with van der Waals surface area (Å²) in [4.78, 5) is 0. The third-order valence-corrected chi connectivity index (χ3v) is 2.97. The Hall–Kier alpha value is -1.35. The minimum absolute atomic E-state index is 0.212. The second-order valence-electron chi connectivity index (χ2n) is 3.72. The molecule has 0 radical (unpaired) electrons. The highest BCUT2D eigenvalue weighted by atomic mass is 35.5. The van der Waals surface area contributed by atoms with Crippen LogP contribution in [0.1, 0.15) is 30.8 Å². The first-order chi connectivity index (χ1) is 7.74. The molecule has 4 heteroatoms. The first-order valence-corrected chi connectivity index (χ1v) is 5.73. The summed E-state index contributed by atoms with van der Waals surface area (Å²) < 4.78 is 1.97. The third-order valence-electron chi connectivity index (χ3n) is 2.71. The molecule has 0 aliphatic rings. The zero-order chi connectivity index (χ0) is 11.5. The molecule has 0 amide bonds. The van der Waals surface area contributed by atoms with Crippen molar-refractivity contribution < 1.29 is 0 Å². The van der Waals surface area contributed by atoms with Crippen molar-refractivity contribution in [3.8, 4) is 0 Å². The largest absolute Gasteiger partial charge is 0.294 e. The summed E-state index contributed by atoms with van der Waals surface area (Å²) in [7, 11) is 0. The maximum atomic E-state index is 6.06. The highest BCUT2D eigenvalue weighted by Crippen LogP contribution is 2.25. The molecule has 1 unspecified atom stereocenters. The van der Waals surface area contributed by atoms with E-state index in [0.29, 0.717) is 5.28 Å². The molecule has 3 nitrogen and oxygen atoms in total. The van der Waals surface area contributed by atoms with E-state index in [-0.39, 0.29) is 6.04 Å².